The third-order valence-corrected chi connectivity index (χ3v) is 4.42. The number of halogens is 1. The first kappa shape index (κ1) is 16.4. The highest BCUT2D eigenvalue weighted by molar-refractivity contribution is 6.17. The Morgan fingerprint density at radius 1 is 1.38 bits per heavy atom. The summed E-state index contributed by atoms with van der Waals surface area (Å²) in [5.41, 5.74) is -1.49. The molecular weight excluding hydrogens is 294 g/mol. The molecule has 0 radical (unpaired) electrons. The predicted molar refractivity (Wildman–Crippen MR) is 79.3 cm³/mol. The van der Waals surface area contributed by atoms with Crippen molar-refractivity contribution < 1.29 is 19.1 Å². The fourth-order valence-corrected chi connectivity index (χ4v) is 3.43. The maximum atomic E-state index is 12.6. The second-order valence-electron chi connectivity index (χ2n) is 6.93. The Balaban J connectivity index is 2.25. The van der Waals surface area contributed by atoms with Gasteiger partial charge in [0.25, 0.3) is 0 Å². The van der Waals surface area contributed by atoms with Crippen molar-refractivity contribution in [2.24, 2.45) is 5.92 Å². The molecule has 120 valence electrons. The third-order valence-electron chi connectivity index (χ3n) is 4.16. The summed E-state index contributed by atoms with van der Waals surface area (Å²) >= 11 is 5.78. The van der Waals surface area contributed by atoms with Gasteiger partial charge in [-0.1, -0.05) is 0 Å². The Kier molecular flexibility index (Phi) is 4.43. The standard InChI is InChI=1S/C15H24ClNO4/c1-14(2,3)21-13(19)17-11-8-10(11)9-15(17,6-5-7-16)12(18)20-4/h10-11H,5-9H2,1-4H3/t10-,11-,15-/m0/s1. The maximum Gasteiger partial charge on any atom is 0.411 e. The van der Waals surface area contributed by atoms with Crippen molar-refractivity contribution in [3.05, 3.63) is 0 Å². The quantitative estimate of drug-likeness (QED) is 0.591. The molecule has 1 saturated heterocycles. The molecule has 5 nitrogen and oxygen atoms in total. The zero-order chi connectivity index (χ0) is 15.8. The highest BCUT2D eigenvalue weighted by Gasteiger charge is 2.65. The van der Waals surface area contributed by atoms with Gasteiger partial charge in [-0.3, -0.25) is 4.90 Å². The molecule has 2 rings (SSSR count). The molecule has 1 aliphatic carbocycles. The van der Waals surface area contributed by atoms with E-state index in [1.54, 1.807) is 4.90 Å². The molecule has 1 heterocycles. The van der Waals surface area contributed by atoms with Gasteiger partial charge >= 0.3 is 12.1 Å². The summed E-state index contributed by atoms with van der Waals surface area (Å²) in [6.07, 6.45) is 2.36. The number of piperidine rings is 1. The minimum atomic E-state index is -0.903. The second-order valence-corrected chi connectivity index (χ2v) is 7.31. The topological polar surface area (TPSA) is 55.8 Å². The van der Waals surface area contributed by atoms with Crippen LogP contribution in [0.25, 0.3) is 0 Å². The summed E-state index contributed by atoms with van der Waals surface area (Å²) in [4.78, 5) is 26.6. The fourth-order valence-electron chi connectivity index (χ4n) is 3.29. The van der Waals surface area contributed by atoms with Crippen LogP contribution in [0.1, 0.15) is 46.5 Å². The lowest BCUT2D eigenvalue weighted by molar-refractivity contribution is -0.155. The van der Waals surface area contributed by atoms with Gasteiger partial charge in [-0.25, -0.2) is 9.59 Å². The first-order valence-corrected chi connectivity index (χ1v) is 7.95. The normalized spacial score (nSPS) is 30.8. The number of likely N-dealkylation sites (tertiary alicyclic amines) is 1. The molecule has 0 aromatic rings. The van der Waals surface area contributed by atoms with E-state index in [1.807, 2.05) is 20.8 Å². The minimum absolute atomic E-state index is 0.106. The first-order valence-electron chi connectivity index (χ1n) is 7.42. The molecule has 1 amide bonds. The number of carbonyl (C=O) groups excluding carboxylic acids is 2. The number of nitrogens with zero attached hydrogens (tertiary/aromatic N) is 1. The number of carbonyl (C=O) groups is 2. The largest absolute Gasteiger partial charge is 0.467 e. The van der Waals surface area contributed by atoms with Crippen molar-refractivity contribution in [2.75, 3.05) is 13.0 Å². The molecule has 1 aliphatic heterocycles. The van der Waals surface area contributed by atoms with Crippen molar-refractivity contribution in [2.45, 2.75) is 63.6 Å². The van der Waals surface area contributed by atoms with Crippen LogP contribution in [0.2, 0.25) is 0 Å². The van der Waals surface area contributed by atoms with Crippen LogP contribution in [-0.2, 0) is 14.3 Å². The van der Waals surface area contributed by atoms with Crippen LogP contribution in [-0.4, -0.2) is 47.1 Å². The lowest BCUT2D eigenvalue weighted by atomic mass is 9.88. The maximum absolute atomic E-state index is 12.6. The Morgan fingerprint density at radius 3 is 2.57 bits per heavy atom. The fraction of sp³-hybridized carbons (Fsp3) is 0.867. The Morgan fingerprint density at radius 2 is 2.05 bits per heavy atom. The van der Waals surface area contributed by atoms with Crippen LogP contribution < -0.4 is 0 Å². The van der Waals surface area contributed by atoms with Crippen LogP contribution >= 0.6 is 11.6 Å². The Labute approximate surface area is 130 Å². The van der Waals surface area contributed by atoms with Gasteiger partial charge in [-0.15, -0.1) is 11.6 Å². The van der Waals surface area contributed by atoms with Gasteiger partial charge < -0.3 is 9.47 Å². The lowest BCUT2D eigenvalue weighted by Crippen LogP contribution is -2.56. The SMILES string of the molecule is COC(=O)[C@]1(CCCCl)C[C@@H]2C[C@@H]2N1C(=O)OC(C)(C)C. The van der Waals surface area contributed by atoms with Gasteiger partial charge in [0.15, 0.2) is 0 Å². The van der Waals surface area contributed by atoms with Crippen LogP contribution in [0, 0.1) is 5.92 Å². The molecule has 1 saturated carbocycles. The summed E-state index contributed by atoms with van der Waals surface area (Å²) in [5.74, 6) is 0.480. The number of ether oxygens (including phenoxy) is 2. The van der Waals surface area contributed by atoms with Crippen LogP contribution in [0.15, 0.2) is 0 Å². The summed E-state index contributed by atoms with van der Waals surface area (Å²) in [6, 6.07) is 0.106. The van der Waals surface area contributed by atoms with Crippen LogP contribution in [0.5, 0.6) is 0 Å². The van der Waals surface area contributed by atoms with Crippen LogP contribution in [0.4, 0.5) is 4.79 Å². The smallest absolute Gasteiger partial charge is 0.411 e. The molecule has 2 aliphatic rings. The summed E-state index contributed by atoms with van der Waals surface area (Å²) in [6.45, 7) is 5.47. The average Bonchev–Trinajstić information content (AvgIpc) is 3.04. The molecule has 0 aromatic carbocycles. The molecular formula is C15H24ClNO4. The molecule has 0 N–H and O–H groups in total. The Hall–Kier alpha value is -0.970. The van der Waals surface area contributed by atoms with E-state index in [0.29, 0.717) is 31.1 Å². The van der Waals surface area contributed by atoms with E-state index in [1.165, 1.54) is 7.11 Å². The average molecular weight is 318 g/mol. The minimum Gasteiger partial charge on any atom is -0.467 e. The highest BCUT2D eigenvalue weighted by atomic mass is 35.5. The van der Waals surface area contributed by atoms with Gasteiger partial charge in [-0.05, 0) is 52.4 Å². The van der Waals surface area contributed by atoms with Crippen molar-refractivity contribution in [1.82, 2.24) is 4.90 Å². The number of amides is 1. The number of fused-ring (bicyclic) bond motifs is 1. The first-order chi connectivity index (χ1) is 9.75. The summed E-state index contributed by atoms with van der Waals surface area (Å²) < 4.78 is 10.5. The number of esters is 1. The van der Waals surface area contributed by atoms with Crippen molar-refractivity contribution >= 4 is 23.7 Å². The predicted octanol–water partition coefficient (Wildman–Crippen LogP) is 2.95. The van der Waals surface area contributed by atoms with Gasteiger partial charge in [0, 0.05) is 11.9 Å². The van der Waals surface area contributed by atoms with Gasteiger partial charge in [0.05, 0.1) is 7.11 Å². The highest BCUT2D eigenvalue weighted by Crippen LogP contribution is 2.55. The van der Waals surface area contributed by atoms with E-state index >= 15 is 0 Å². The zero-order valence-electron chi connectivity index (χ0n) is 13.1. The van der Waals surface area contributed by atoms with E-state index in [4.69, 9.17) is 21.1 Å². The van der Waals surface area contributed by atoms with Crippen LogP contribution in [0.3, 0.4) is 0 Å². The molecule has 2 fully saturated rings. The Bertz CT molecular complexity index is 434. The van der Waals surface area contributed by atoms with Crippen molar-refractivity contribution in [1.29, 1.82) is 0 Å². The number of hydrogen-bond donors (Lipinski definition) is 0. The molecule has 6 heteroatoms. The second kappa shape index (κ2) is 5.67. The molecule has 0 unspecified atom stereocenters. The summed E-state index contributed by atoms with van der Waals surface area (Å²) in [5, 5.41) is 0. The number of alkyl halides is 1. The van der Waals surface area contributed by atoms with E-state index in [0.717, 1.165) is 6.42 Å². The van der Waals surface area contributed by atoms with Gasteiger partial charge in [-0.2, -0.15) is 0 Å². The van der Waals surface area contributed by atoms with Crippen molar-refractivity contribution in [3.63, 3.8) is 0 Å². The van der Waals surface area contributed by atoms with Gasteiger partial charge in [0.2, 0.25) is 0 Å². The molecule has 3 atom stereocenters. The van der Waals surface area contributed by atoms with E-state index in [9.17, 15) is 9.59 Å². The molecule has 0 spiro atoms. The molecule has 0 bridgehead atoms. The molecule has 21 heavy (non-hydrogen) atoms. The zero-order valence-corrected chi connectivity index (χ0v) is 13.9. The summed E-state index contributed by atoms with van der Waals surface area (Å²) in [7, 11) is 1.36. The van der Waals surface area contributed by atoms with E-state index in [2.05, 4.69) is 0 Å². The number of rotatable bonds is 4. The van der Waals surface area contributed by atoms with Crippen molar-refractivity contribution in [3.8, 4) is 0 Å². The monoisotopic (exact) mass is 317 g/mol. The number of methoxy groups -OCH3 is 1. The van der Waals surface area contributed by atoms with E-state index in [-0.39, 0.29) is 12.0 Å². The molecule has 0 aromatic heterocycles. The lowest BCUT2D eigenvalue weighted by Gasteiger charge is -2.38. The van der Waals surface area contributed by atoms with Gasteiger partial charge in [0.1, 0.15) is 11.1 Å². The number of hydrogen-bond acceptors (Lipinski definition) is 4. The van der Waals surface area contributed by atoms with E-state index < -0.39 is 17.2 Å². The third kappa shape index (κ3) is 3.12.